The number of ether oxygens (including phenoxy) is 1. The van der Waals surface area contributed by atoms with Gasteiger partial charge in [-0.25, -0.2) is 0 Å². The van der Waals surface area contributed by atoms with Gasteiger partial charge in [0.2, 0.25) is 0 Å². The second kappa shape index (κ2) is 5.45. The molecule has 0 radical (unpaired) electrons. The van der Waals surface area contributed by atoms with Crippen LogP contribution < -0.4 is 10.2 Å². The molecule has 0 amide bonds. The number of phenols is 1. The van der Waals surface area contributed by atoms with Crippen LogP contribution in [0.15, 0.2) is 24.8 Å². The topological polar surface area (TPSA) is 74.2 Å². The number of piperidine rings is 1. The van der Waals surface area contributed by atoms with Crippen molar-refractivity contribution in [3.8, 4) is 11.5 Å². The molecule has 6 heteroatoms. The average Bonchev–Trinajstić information content (AvgIpc) is 2.97. The molecule has 2 fully saturated rings. The Kier molecular flexibility index (Phi) is 3.47. The Hall–Kier alpha value is -1.60. The van der Waals surface area contributed by atoms with Gasteiger partial charge in [0.05, 0.1) is 24.2 Å². The summed E-state index contributed by atoms with van der Waals surface area (Å²) in [6.07, 6.45) is 4.67. The Morgan fingerprint density at radius 3 is 3.08 bits per heavy atom. The van der Waals surface area contributed by atoms with Gasteiger partial charge in [-0.2, -0.15) is 5.48 Å². The summed E-state index contributed by atoms with van der Waals surface area (Å²) in [5, 5.41) is 22.5. The van der Waals surface area contributed by atoms with Crippen LogP contribution in [-0.2, 0) is 16.7 Å². The number of nitrogens with one attached hydrogen (secondary N) is 1. The first kappa shape index (κ1) is 16.6. The number of likely N-dealkylation sites (tertiary alicyclic amines) is 1. The van der Waals surface area contributed by atoms with Gasteiger partial charge >= 0.3 is 0 Å². The normalized spacial score (nSPS) is 40.0. The van der Waals surface area contributed by atoms with Crippen LogP contribution in [0.1, 0.15) is 30.4 Å². The zero-order chi connectivity index (χ0) is 18.1. The maximum absolute atomic E-state index is 12.1. The number of aromatic hydroxyl groups is 1. The van der Waals surface area contributed by atoms with Crippen molar-refractivity contribution < 1.29 is 19.8 Å². The maximum atomic E-state index is 12.1. The van der Waals surface area contributed by atoms with Crippen LogP contribution in [0.3, 0.4) is 0 Å². The van der Waals surface area contributed by atoms with Gasteiger partial charge in [-0.1, -0.05) is 12.1 Å². The predicted octanol–water partition coefficient (Wildman–Crippen LogP) is 1.25. The van der Waals surface area contributed by atoms with E-state index in [1.54, 1.807) is 13.2 Å². The zero-order valence-electron chi connectivity index (χ0n) is 15.1. The molecule has 1 aromatic carbocycles. The summed E-state index contributed by atoms with van der Waals surface area (Å²) in [4.78, 5) is 7.59. The van der Waals surface area contributed by atoms with Crippen molar-refractivity contribution in [1.29, 1.82) is 0 Å². The molecule has 2 heterocycles. The first-order valence-corrected chi connectivity index (χ1v) is 9.44. The molecular formula is C20H26N2O4. The molecule has 1 spiro atoms. The van der Waals surface area contributed by atoms with Gasteiger partial charge in [-0.15, -0.1) is 6.58 Å². The average molecular weight is 358 g/mol. The molecule has 1 aromatic rings. The van der Waals surface area contributed by atoms with E-state index in [-0.39, 0.29) is 23.9 Å². The van der Waals surface area contributed by atoms with E-state index in [9.17, 15) is 10.2 Å². The summed E-state index contributed by atoms with van der Waals surface area (Å²) in [7, 11) is 1.61. The van der Waals surface area contributed by atoms with Crippen LogP contribution in [0, 0.1) is 0 Å². The molecule has 1 saturated carbocycles. The first-order valence-electron chi connectivity index (χ1n) is 9.44. The van der Waals surface area contributed by atoms with Crippen molar-refractivity contribution in [2.75, 3.05) is 20.2 Å². The molecule has 140 valence electrons. The van der Waals surface area contributed by atoms with Gasteiger partial charge in [-0.3, -0.25) is 4.90 Å². The van der Waals surface area contributed by atoms with E-state index in [1.165, 1.54) is 5.56 Å². The molecular weight excluding hydrogens is 332 g/mol. The van der Waals surface area contributed by atoms with E-state index >= 15 is 0 Å². The second-order valence-corrected chi connectivity index (χ2v) is 8.10. The first-order chi connectivity index (χ1) is 12.6. The monoisotopic (exact) mass is 358 g/mol. The van der Waals surface area contributed by atoms with Crippen LogP contribution in [0.5, 0.6) is 11.5 Å². The summed E-state index contributed by atoms with van der Waals surface area (Å²) in [6.45, 7) is 5.55. The quantitative estimate of drug-likeness (QED) is 0.556. The Morgan fingerprint density at radius 2 is 2.31 bits per heavy atom. The molecule has 5 atom stereocenters. The molecule has 0 unspecified atom stereocenters. The zero-order valence-corrected chi connectivity index (χ0v) is 15.1. The lowest BCUT2D eigenvalue weighted by atomic mass is 9.48. The lowest BCUT2D eigenvalue weighted by Crippen LogP contribution is -2.78. The maximum Gasteiger partial charge on any atom is 0.165 e. The van der Waals surface area contributed by atoms with E-state index in [0.717, 1.165) is 37.9 Å². The van der Waals surface area contributed by atoms with Crippen LogP contribution in [-0.4, -0.2) is 59.1 Å². The van der Waals surface area contributed by atoms with E-state index in [0.29, 0.717) is 12.2 Å². The summed E-state index contributed by atoms with van der Waals surface area (Å²) in [5.74, 6) is 0.726. The molecule has 1 saturated heterocycles. The largest absolute Gasteiger partial charge is 0.504 e. The molecule has 26 heavy (non-hydrogen) atoms. The third-order valence-electron chi connectivity index (χ3n) is 7.21. The van der Waals surface area contributed by atoms with Gasteiger partial charge in [0.25, 0.3) is 0 Å². The van der Waals surface area contributed by atoms with Crippen molar-refractivity contribution in [3.63, 3.8) is 0 Å². The molecule has 2 bridgehead atoms. The summed E-state index contributed by atoms with van der Waals surface area (Å²) in [5.41, 5.74) is 3.90. The molecule has 5 rings (SSSR count). The Labute approximate surface area is 153 Å². The number of benzene rings is 1. The minimum atomic E-state index is -0.878. The fourth-order valence-corrected chi connectivity index (χ4v) is 6.29. The number of aliphatic hydroxyl groups is 1. The minimum absolute atomic E-state index is 0.0235. The SMILES string of the molecule is C=CCN1CC[C@]23c4c5ccc(O)c4O[C@H]2[C@H](NOC)CC[C@@]3(O)[C@H]1C5. The van der Waals surface area contributed by atoms with Gasteiger partial charge in [0, 0.05) is 18.2 Å². The van der Waals surface area contributed by atoms with Crippen molar-refractivity contribution in [3.05, 3.63) is 35.9 Å². The highest BCUT2D eigenvalue weighted by Gasteiger charge is 2.72. The third kappa shape index (κ3) is 1.76. The Balaban J connectivity index is 1.73. The van der Waals surface area contributed by atoms with Crippen molar-refractivity contribution in [1.82, 2.24) is 10.4 Å². The predicted molar refractivity (Wildman–Crippen MR) is 96.2 cm³/mol. The van der Waals surface area contributed by atoms with Crippen LogP contribution in [0.2, 0.25) is 0 Å². The molecule has 6 nitrogen and oxygen atoms in total. The summed E-state index contributed by atoms with van der Waals surface area (Å²) >= 11 is 0. The molecule has 2 aliphatic heterocycles. The number of hydroxylamine groups is 1. The van der Waals surface area contributed by atoms with Gasteiger partial charge in [0.1, 0.15) is 6.10 Å². The summed E-state index contributed by atoms with van der Waals surface area (Å²) < 4.78 is 6.34. The highest BCUT2D eigenvalue weighted by atomic mass is 16.6. The Bertz CT molecular complexity index is 768. The van der Waals surface area contributed by atoms with Gasteiger partial charge < -0.3 is 19.8 Å². The van der Waals surface area contributed by atoms with Crippen LogP contribution in [0.25, 0.3) is 0 Å². The van der Waals surface area contributed by atoms with Crippen LogP contribution in [0.4, 0.5) is 0 Å². The number of nitrogens with zero attached hydrogens (tertiary/aromatic N) is 1. The molecule has 4 aliphatic rings. The smallest absolute Gasteiger partial charge is 0.165 e. The third-order valence-corrected chi connectivity index (χ3v) is 7.21. The van der Waals surface area contributed by atoms with E-state index in [2.05, 4.69) is 17.0 Å². The van der Waals surface area contributed by atoms with Crippen LogP contribution >= 0.6 is 0 Å². The highest BCUT2D eigenvalue weighted by molar-refractivity contribution is 5.62. The highest BCUT2D eigenvalue weighted by Crippen LogP contribution is 2.65. The van der Waals surface area contributed by atoms with Crippen molar-refractivity contribution >= 4 is 0 Å². The van der Waals surface area contributed by atoms with Gasteiger partial charge in [0.15, 0.2) is 11.5 Å². The van der Waals surface area contributed by atoms with Crippen molar-refractivity contribution in [2.24, 2.45) is 0 Å². The standard InChI is InChI=1S/C20H26N2O4/c1-3-9-22-10-8-19-16-12-4-5-14(23)17(16)26-18(19)13(21-25-2)6-7-20(19,24)15(22)11-12/h3-5,13,15,18,21,23-24H,1,6-11H2,2H3/t13-,15-,18+,19+,20-/m1/s1. The van der Waals surface area contributed by atoms with Crippen molar-refractivity contribution in [2.45, 2.75) is 54.9 Å². The van der Waals surface area contributed by atoms with Gasteiger partial charge in [-0.05, 0) is 43.9 Å². The van der Waals surface area contributed by atoms with E-state index < -0.39 is 11.0 Å². The minimum Gasteiger partial charge on any atom is -0.504 e. The lowest BCUT2D eigenvalue weighted by molar-refractivity contribution is -0.197. The molecule has 2 aliphatic carbocycles. The fraction of sp³-hybridized carbons (Fsp3) is 0.600. The Morgan fingerprint density at radius 1 is 1.46 bits per heavy atom. The summed E-state index contributed by atoms with van der Waals surface area (Å²) in [6, 6.07) is 3.73. The fourth-order valence-electron chi connectivity index (χ4n) is 6.29. The number of hydrogen-bond acceptors (Lipinski definition) is 6. The molecule has 0 aromatic heterocycles. The number of hydrogen-bond donors (Lipinski definition) is 3. The van der Waals surface area contributed by atoms with E-state index in [4.69, 9.17) is 9.57 Å². The molecule has 3 N–H and O–H groups in total. The lowest BCUT2D eigenvalue weighted by Gasteiger charge is -2.64. The van der Waals surface area contributed by atoms with E-state index in [1.807, 2.05) is 12.1 Å². The number of phenolic OH excluding ortho intramolecular Hbond substituents is 1. The second-order valence-electron chi connectivity index (χ2n) is 8.10. The number of rotatable bonds is 4.